The van der Waals surface area contributed by atoms with Crippen LogP contribution in [0.5, 0.6) is 0 Å². The van der Waals surface area contributed by atoms with Crippen LogP contribution in [-0.2, 0) is 11.2 Å². The molecule has 0 saturated carbocycles. The third-order valence-electron chi connectivity index (χ3n) is 6.60. The lowest BCUT2D eigenvalue weighted by Gasteiger charge is -2.36. The van der Waals surface area contributed by atoms with Gasteiger partial charge in [0.2, 0.25) is 0 Å². The van der Waals surface area contributed by atoms with E-state index in [2.05, 4.69) is 77.5 Å². The van der Waals surface area contributed by atoms with Crippen molar-refractivity contribution in [1.29, 1.82) is 0 Å². The summed E-state index contributed by atoms with van der Waals surface area (Å²) < 4.78 is 5.56. The smallest absolute Gasteiger partial charge is 0.317 e. The molecule has 2 aromatic rings. The highest BCUT2D eigenvalue weighted by molar-refractivity contribution is 5.75. The van der Waals surface area contributed by atoms with Crippen LogP contribution < -0.4 is 5.32 Å². The largest absolute Gasteiger partial charge is 0.379 e. The van der Waals surface area contributed by atoms with Gasteiger partial charge in [-0.15, -0.1) is 0 Å². The molecule has 4 rings (SSSR count). The van der Waals surface area contributed by atoms with E-state index in [1.165, 1.54) is 22.3 Å². The van der Waals surface area contributed by atoms with Gasteiger partial charge in [0.25, 0.3) is 0 Å². The van der Waals surface area contributed by atoms with Crippen molar-refractivity contribution in [3.05, 3.63) is 70.8 Å². The molecule has 0 spiro atoms. The van der Waals surface area contributed by atoms with Crippen LogP contribution in [0.15, 0.2) is 48.5 Å². The van der Waals surface area contributed by atoms with Crippen LogP contribution in [0, 0.1) is 6.92 Å². The Bertz CT molecular complexity index is 861. The first-order chi connectivity index (χ1) is 15.2. The number of nitrogens with one attached hydrogen (secondary N) is 1. The third kappa shape index (κ3) is 5.10. The molecular formula is C26H35N3O2. The monoisotopic (exact) mass is 421 g/mol. The molecule has 2 aliphatic rings. The minimum Gasteiger partial charge on any atom is -0.379 e. The van der Waals surface area contributed by atoms with Crippen molar-refractivity contribution < 1.29 is 9.53 Å². The van der Waals surface area contributed by atoms with Crippen molar-refractivity contribution in [1.82, 2.24) is 15.1 Å². The first-order valence-corrected chi connectivity index (χ1v) is 11.7. The molecule has 2 atom stereocenters. The minimum atomic E-state index is 0.0499. The van der Waals surface area contributed by atoms with Crippen molar-refractivity contribution in [3.63, 3.8) is 0 Å². The van der Waals surface area contributed by atoms with Gasteiger partial charge in [-0.25, -0.2) is 4.79 Å². The lowest BCUT2D eigenvalue weighted by molar-refractivity contribution is 0.0163. The molecule has 5 heteroatoms. The number of aryl methyl sites for hydroxylation is 2. The minimum absolute atomic E-state index is 0.0499. The highest BCUT2D eigenvalue weighted by atomic mass is 16.5. The number of hydrogen-bond donors (Lipinski definition) is 1. The summed E-state index contributed by atoms with van der Waals surface area (Å²) in [6.07, 6.45) is 3.02. The van der Waals surface area contributed by atoms with Gasteiger partial charge in [0.15, 0.2) is 0 Å². The molecule has 2 aromatic carbocycles. The second-order valence-electron chi connectivity index (χ2n) is 8.71. The Morgan fingerprint density at radius 1 is 1.16 bits per heavy atom. The molecule has 2 amide bonds. The lowest BCUT2D eigenvalue weighted by Crippen LogP contribution is -2.47. The second kappa shape index (κ2) is 10.3. The van der Waals surface area contributed by atoms with E-state index in [1.807, 2.05) is 0 Å². The molecule has 1 N–H and O–H groups in total. The number of hydrogen-bond acceptors (Lipinski definition) is 3. The topological polar surface area (TPSA) is 44.8 Å². The summed E-state index contributed by atoms with van der Waals surface area (Å²) in [6, 6.07) is 17.7. The molecule has 0 bridgehead atoms. The van der Waals surface area contributed by atoms with E-state index in [1.54, 1.807) is 0 Å². The summed E-state index contributed by atoms with van der Waals surface area (Å²) in [5.74, 6) is 0. The highest BCUT2D eigenvalue weighted by Crippen LogP contribution is 2.35. The Morgan fingerprint density at radius 3 is 2.65 bits per heavy atom. The number of rotatable bonds is 7. The average Bonchev–Trinajstić information content (AvgIpc) is 3.23. The Hall–Kier alpha value is -2.37. The maximum Gasteiger partial charge on any atom is 0.317 e. The number of morpholine rings is 1. The molecule has 1 aliphatic carbocycles. The standard InChI is InChI=1S/C26H35N3O2/c1-3-14-29(24-13-12-21-6-4-5-7-23(21)24)26(30)27-19-25(28-15-17-31-18-16-28)22-10-8-20(2)9-11-22/h4-11,24-25H,3,12-19H2,1-2H3,(H,27,30)/t24-,25-/m0/s1. The summed E-state index contributed by atoms with van der Waals surface area (Å²) in [5, 5.41) is 3.29. The van der Waals surface area contributed by atoms with Crippen molar-refractivity contribution in [2.45, 2.75) is 45.2 Å². The number of ether oxygens (including phenoxy) is 1. The van der Waals surface area contributed by atoms with E-state index >= 15 is 0 Å². The van der Waals surface area contributed by atoms with Gasteiger partial charge in [-0.3, -0.25) is 4.90 Å². The SMILES string of the molecule is CCCN(C(=O)NC[C@@H](c1ccc(C)cc1)N1CCOCC1)[C@H]1CCc2ccccc21. The number of amides is 2. The van der Waals surface area contributed by atoms with Gasteiger partial charge in [0.1, 0.15) is 0 Å². The highest BCUT2D eigenvalue weighted by Gasteiger charge is 2.31. The summed E-state index contributed by atoms with van der Waals surface area (Å²) in [5.41, 5.74) is 5.20. The molecule has 0 radical (unpaired) electrons. The van der Waals surface area contributed by atoms with Crippen LogP contribution in [0.4, 0.5) is 4.79 Å². The molecule has 5 nitrogen and oxygen atoms in total. The van der Waals surface area contributed by atoms with Crippen LogP contribution in [0.3, 0.4) is 0 Å². The Balaban J connectivity index is 1.48. The molecule has 166 valence electrons. The number of urea groups is 1. The third-order valence-corrected chi connectivity index (χ3v) is 6.60. The van der Waals surface area contributed by atoms with Gasteiger partial charge < -0.3 is 15.0 Å². The van der Waals surface area contributed by atoms with E-state index in [4.69, 9.17) is 4.74 Å². The molecule has 0 unspecified atom stereocenters. The molecule has 1 saturated heterocycles. The Morgan fingerprint density at radius 2 is 1.90 bits per heavy atom. The fourth-order valence-electron chi connectivity index (χ4n) is 4.92. The molecule has 1 aliphatic heterocycles. The molecule has 1 heterocycles. The van der Waals surface area contributed by atoms with Gasteiger partial charge in [0.05, 0.1) is 25.3 Å². The molecule has 1 fully saturated rings. The average molecular weight is 422 g/mol. The van der Waals surface area contributed by atoms with Crippen LogP contribution in [0.1, 0.15) is 54.1 Å². The number of carbonyl (C=O) groups excluding carboxylic acids is 1. The summed E-state index contributed by atoms with van der Waals surface area (Å²) in [6.45, 7) is 8.91. The van der Waals surface area contributed by atoms with Crippen LogP contribution in [0.25, 0.3) is 0 Å². The van der Waals surface area contributed by atoms with Crippen LogP contribution in [-0.4, -0.2) is 55.2 Å². The van der Waals surface area contributed by atoms with E-state index < -0.39 is 0 Å². The van der Waals surface area contributed by atoms with Crippen LogP contribution in [0.2, 0.25) is 0 Å². The first-order valence-electron chi connectivity index (χ1n) is 11.7. The predicted octanol–water partition coefficient (Wildman–Crippen LogP) is 4.48. The first kappa shape index (κ1) is 21.8. The zero-order valence-corrected chi connectivity index (χ0v) is 18.8. The van der Waals surface area contributed by atoms with Gasteiger partial charge in [0, 0.05) is 26.2 Å². The Labute approximate surface area is 186 Å². The molecular weight excluding hydrogens is 386 g/mol. The van der Waals surface area contributed by atoms with Crippen molar-refractivity contribution in [2.24, 2.45) is 0 Å². The fraction of sp³-hybridized carbons (Fsp3) is 0.500. The normalized spacial score (nSPS) is 19.6. The molecule has 0 aromatic heterocycles. The van der Waals surface area contributed by atoms with Crippen molar-refractivity contribution >= 4 is 6.03 Å². The Kier molecular flexibility index (Phi) is 7.25. The van der Waals surface area contributed by atoms with Gasteiger partial charge in [-0.1, -0.05) is 61.0 Å². The van der Waals surface area contributed by atoms with E-state index in [-0.39, 0.29) is 18.1 Å². The second-order valence-corrected chi connectivity index (χ2v) is 8.71. The van der Waals surface area contributed by atoms with Gasteiger partial charge in [-0.05, 0) is 42.9 Å². The molecule has 31 heavy (non-hydrogen) atoms. The fourth-order valence-corrected chi connectivity index (χ4v) is 4.92. The summed E-state index contributed by atoms with van der Waals surface area (Å²) >= 11 is 0. The summed E-state index contributed by atoms with van der Waals surface area (Å²) in [4.78, 5) is 17.9. The van der Waals surface area contributed by atoms with Gasteiger partial charge >= 0.3 is 6.03 Å². The van der Waals surface area contributed by atoms with E-state index in [0.717, 1.165) is 52.1 Å². The van der Waals surface area contributed by atoms with Crippen molar-refractivity contribution in [3.8, 4) is 0 Å². The maximum atomic E-state index is 13.4. The zero-order chi connectivity index (χ0) is 21.6. The summed E-state index contributed by atoms with van der Waals surface area (Å²) in [7, 11) is 0. The zero-order valence-electron chi connectivity index (χ0n) is 18.8. The number of carbonyl (C=O) groups is 1. The van der Waals surface area contributed by atoms with Crippen molar-refractivity contribution in [2.75, 3.05) is 39.4 Å². The lowest BCUT2D eigenvalue weighted by atomic mass is 10.0. The van der Waals surface area contributed by atoms with E-state index in [0.29, 0.717) is 6.54 Å². The number of nitrogens with zero attached hydrogens (tertiary/aromatic N) is 2. The quantitative estimate of drug-likeness (QED) is 0.717. The van der Waals surface area contributed by atoms with Gasteiger partial charge in [-0.2, -0.15) is 0 Å². The number of benzene rings is 2. The predicted molar refractivity (Wildman–Crippen MR) is 124 cm³/mol. The van der Waals surface area contributed by atoms with Crippen LogP contribution >= 0.6 is 0 Å². The maximum absolute atomic E-state index is 13.4. The van der Waals surface area contributed by atoms with E-state index in [9.17, 15) is 4.79 Å². The number of fused-ring (bicyclic) bond motifs is 1.